The molecule has 0 bridgehead atoms. The van der Waals surface area contributed by atoms with Crippen molar-refractivity contribution in [2.75, 3.05) is 6.61 Å². The fourth-order valence-electron chi connectivity index (χ4n) is 1.18. The first-order valence-corrected chi connectivity index (χ1v) is 4.78. The quantitative estimate of drug-likeness (QED) is 0.860. The monoisotopic (exact) mass is 252 g/mol. The fraction of sp³-hybridized carbons (Fsp3) is 0.556. The topological polar surface area (TPSA) is 64.4 Å². The third-order valence-electron chi connectivity index (χ3n) is 1.96. The molecular weight excluding hydrogens is 241 g/mol. The van der Waals surface area contributed by atoms with E-state index in [1.54, 1.807) is 6.92 Å². The molecule has 0 aliphatic rings. The average Bonchev–Trinajstić information content (AvgIpc) is 2.64. The Kier molecular flexibility index (Phi) is 4.11. The summed E-state index contributed by atoms with van der Waals surface area (Å²) in [4.78, 5) is 10.7. The second-order valence-corrected chi connectivity index (χ2v) is 3.23. The zero-order valence-corrected chi connectivity index (χ0v) is 8.94. The van der Waals surface area contributed by atoms with E-state index in [1.807, 2.05) is 0 Å². The van der Waals surface area contributed by atoms with Crippen LogP contribution in [0.15, 0.2) is 12.4 Å². The van der Waals surface area contributed by atoms with Gasteiger partial charge in [-0.25, -0.2) is 4.79 Å². The highest BCUT2D eigenvalue weighted by Gasteiger charge is 2.32. The van der Waals surface area contributed by atoms with Crippen LogP contribution in [0.3, 0.4) is 0 Å². The number of rotatable bonds is 5. The molecule has 5 nitrogen and oxygen atoms in total. The van der Waals surface area contributed by atoms with Gasteiger partial charge in [0.2, 0.25) is 0 Å². The van der Waals surface area contributed by atoms with Gasteiger partial charge in [-0.1, -0.05) is 0 Å². The lowest BCUT2D eigenvalue weighted by Gasteiger charge is -2.11. The number of aliphatic carboxylic acids is 1. The van der Waals surface area contributed by atoms with Crippen LogP contribution in [0, 0.1) is 0 Å². The number of nitrogens with zero attached hydrogens (tertiary/aromatic N) is 2. The van der Waals surface area contributed by atoms with E-state index in [4.69, 9.17) is 9.84 Å². The van der Waals surface area contributed by atoms with E-state index < -0.39 is 23.8 Å². The smallest absolute Gasteiger partial charge is 0.419 e. The number of aromatic nitrogens is 2. The summed E-state index contributed by atoms with van der Waals surface area (Å²) in [5.41, 5.74) is -0.918. The van der Waals surface area contributed by atoms with E-state index in [0.717, 1.165) is 10.9 Å². The van der Waals surface area contributed by atoms with Crippen molar-refractivity contribution in [3.8, 4) is 0 Å². The number of carboxylic acid groups (broad SMARTS) is 1. The SMILES string of the molecule is CCOC(Cn1cc(C(F)(F)F)cn1)C(=O)O. The molecule has 0 aromatic carbocycles. The first-order valence-electron chi connectivity index (χ1n) is 4.78. The number of alkyl halides is 3. The molecule has 1 heterocycles. The number of hydrogen-bond acceptors (Lipinski definition) is 3. The van der Waals surface area contributed by atoms with Crippen LogP contribution in [0.25, 0.3) is 0 Å². The van der Waals surface area contributed by atoms with Crippen LogP contribution in [-0.4, -0.2) is 33.6 Å². The normalized spacial score (nSPS) is 13.6. The Bertz CT molecular complexity index is 389. The molecule has 0 radical (unpaired) electrons. The van der Waals surface area contributed by atoms with Crippen LogP contribution in [0.1, 0.15) is 12.5 Å². The molecule has 0 spiro atoms. The van der Waals surface area contributed by atoms with E-state index in [9.17, 15) is 18.0 Å². The summed E-state index contributed by atoms with van der Waals surface area (Å²) in [6.07, 6.45) is -4.30. The van der Waals surface area contributed by atoms with Crippen molar-refractivity contribution in [1.82, 2.24) is 9.78 Å². The molecule has 17 heavy (non-hydrogen) atoms. The van der Waals surface area contributed by atoms with Crippen LogP contribution in [-0.2, 0) is 22.3 Å². The third kappa shape index (κ3) is 3.74. The molecule has 1 aromatic heterocycles. The molecule has 1 rings (SSSR count). The zero-order valence-electron chi connectivity index (χ0n) is 8.94. The molecule has 1 N–H and O–H groups in total. The Morgan fingerprint density at radius 1 is 1.65 bits per heavy atom. The van der Waals surface area contributed by atoms with E-state index in [1.165, 1.54) is 0 Å². The van der Waals surface area contributed by atoms with Crippen molar-refractivity contribution in [3.63, 3.8) is 0 Å². The van der Waals surface area contributed by atoms with Crippen LogP contribution >= 0.6 is 0 Å². The van der Waals surface area contributed by atoms with Gasteiger partial charge in [-0.3, -0.25) is 4.68 Å². The lowest BCUT2D eigenvalue weighted by Crippen LogP contribution is -2.29. The van der Waals surface area contributed by atoms with E-state index in [2.05, 4.69) is 5.10 Å². The van der Waals surface area contributed by atoms with Crippen molar-refractivity contribution in [2.45, 2.75) is 25.7 Å². The third-order valence-corrected chi connectivity index (χ3v) is 1.96. The van der Waals surface area contributed by atoms with Gasteiger partial charge in [0, 0.05) is 12.8 Å². The van der Waals surface area contributed by atoms with Crippen molar-refractivity contribution < 1.29 is 27.8 Å². The first kappa shape index (κ1) is 13.5. The Hall–Kier alpha value is -1.57. The van der Waals surface area contributed by atoms with E-state index >= 15 is 0 Å². The second kappa shape index (κ2) is 5.17. The summed E-state index contributed by atoms with van der Waals surface area (Å²) in [6.45, 7) is 1.49. The van der Waals surface area contributed by atoms with Gasteiger partial charge < -0.3 is 9.84 Å². The van der Waals surface area contributed by atoms with Gasteiger partial charge in [0.05, 0.1) is 18.3 Å². The first-order chi connectivity index (χ1) is 7.84. The molecule has 96 valence electrons. The Morgan fingerprint density at radius 2 is 2.29 bits per heavy atom. The summed E-state index contributed by atoms with van der Waals surface area (Å²) in [5.74, 6) is -1.24. The molecule has 1 atom stereocenters. The van der Waals surface area contributed by atoms with Crippen LogP contribution in [0.5, 0.6) is 0 Å². The maximum absolute atomic E-state index is 12.2. The van der Waals surface area contributed by atoms with Crippen molar-refractivity contribution in [2.24, 2.45) is 0 Å². The number of ether oxygens (including phenoxy) is 1. The van der Waals surface area contributed by atoms with Crippen molar-refractivity contribution in [3.05, 3.63) is 18.0 Å². The maximum atomic E-state index is 12.2. The lowest BCUT2D eigenvalue weighted by molar-refractivity contribution is -0.151. The second-order valence-electron chi connectivity index (χ2n) is 3.23. The molecule has 1 unspecified atom stereocenters. The van der Waals surface area contributed by atoms with Gasteiger partial charge in [0.1, 0.15) is 0 Å². The van der Waals surface area contributed by atoms with Crippen LogP contribution in [0.4, 0.5) is 13.2 Å². The average molecular weight is 252 g/mol. The summed E-state index contributed by atoms with van der Waals surface area (Å²) in [6, 6.07) is 0. The number of carboxylic acids is 1. The molecule has 8 heteroatoms. The summed E-state index contributed by atoms with van der Waals surface area (Å²) < 4.78 is 42.5. The van der Waals surface area contributed by atoms with Gasteiger partial charge in [0.15, 0.2) is 6.10 Å². The molecule has 0 saturated carbocycles. The Labute approximate surface area is 94.8 Å². The zero-order chi connectivity index (χ0) is 13.1. The van der Waals surface area contributed by atoms with Gasteiger partial charge in [-0.2, -0.15) is 18.3 Å². The van der Waals surface area contributed by atoms with E-state index in [-0.39, 0.29) is 13.2 Å². The highest BCUT2D eigenvalue weighted by Crippen LogP contribution is 2.28. The highest BCUT2D eigenvalue weighted by molar-refractivity contribution is 5.72. The molecule has 0 aliphatic heterocycles. The van der Waals surface area contributed by atoms with Gasteiger partial charge in [0.25, 0.3) is 0 Å². The number of hydrogen-bond donors (Lipinski definition) is 1. The largest absolute Gasteiger partial charge is 0.479 e. The molecule has 0 amide bonds. The molecule has 0 aliphatic carbocycles. The van der Waals surface area contributed by atoms with Gasteiger partial charge in [-0.15, -0.1) is 0 Å². The lowest BCUT2D eigenvalue weighted by atomic mass is 10.3. The standard InChI is InChI=1S/C9H11F3N2O3/c1-2-17-7(8(15)16)5-14-4-6(3-13-14)9(10,11)12/h3-4,7H,2,5H2,1H3,(H,15,16). The minimum Gasteiger partial charge on any atom is -0.479 e. The van der Waals surface area contributed by atoms with Crippen molar-refractivity contribution in [1.29, 1.82) is 0 Å². The van der Waals surface area contributed by atoms with Crippen molar-refractivity contribution >= 4 is 5.97 Å². The molecule has 0 saturated heterocycles. The summed E-state index contributed by atoms with van der Waals surface area (Å²) in [5, 5.41) is 12.2. The summed E-state index contributed by atoms with van der Waals surface area (Å²) in [7, 11) is 0. The fourth-order valence-corrected chi connectivity index (χ4v) is 1.18. The van der Waals surface area contributed by atoms with Gasteiger partial charge in [-0.05, 0) is 6.92 Å². The molecule has 0 fully saturated rings. The van der Waals surface area contributed by atoms with Crippen LogP contribution in [0.2, 0.25) is 0 Å². The van der Waals surface area contributed by atoms with Crippen LogP contribution < -0.4 is 0 Å². The number of halogens is 3. The maximum Gasteiger partial charge on any atom is 0.419 e. The summed E-state index contributed by atoms with van der Waals surface area (Å²) >= 11 is 0. The Morgan fingerprint density at radius 3 is 2.71 bits per heavy atom. The molecule has 1 aromatic rings. The minimum absolute atomic E-state index is 0.157. The predicted molar refractivity (Wildman–Crippen MR) is 50.3 cm³/mol. The van der Waals surface area contributed by atoms with E-state index in [0.29, 0.717) is 6.20 Å². The highest BCUT2D eigenvalue weighted by atomic mass is 19.4. The predicted octanol–water partition coefficient (Wildman–Crippen LogP) is 1.39. The van der Waals surface area contributed by atoms with Gasteiger partial charge >= 0.3 is 12.1 Å². The molecular formula is C9H11F3N2O3. The Balaban J connectivity index is 2.74. The number of carbonyl (C=O) groups is 1. The minimum atomic E-state index is -4.48.